The molecule has 28 heavy (non-hydrogen) atoms. The number of anilines is 1. The van der Waals surface area contributed by atoms with Crippen LogP contribution in [0.4, 0.5) is 5.69 Å². The third-order valence-electron chi connectivity index (χ3n) is 4.11. The predicted octanol–water partition coefficient (Wildman–Crippen LogP) is 3.11. The van der Waals surface area contributed by atoms with Gasteiger partial charge in [0.2, 0.25) is 6.79 Å². The zero-order chi connectivity index (χ0) is 19.5. The summed E-state index contributed by atoms with van der Waals surface area (Å²) >= 11 is 6.09. The molecule has 0 aliphatic carbocycles. The molecule has 142 valence electrons. The molecule has 0 spiro atoms. The van der Waals surface area contributed by atoms with Crippen molar-refractivity contribution < 1.29 is 19.1 Å². The smallest absolute Gasteiger partial charge is 0.295 e. The molecule has 0 bridgehead atoms. The summed E-state index contributed by atoms with van der Waals surface area (Å²) in [5.74, 6) is 0.582. The number of pyridine rings is 1. The highest BCUT2D eigenvalue weighted by atomic mass is 35.5. The van der Waals surface area contributed by atoms with Crippen molar-refractivity contribution in [2.45, 2.75) is 6.61 Å². The lowest BCUT2D eigenvalue weighted by molar-refractivity contribution is 0.0864. The minimum atomic E-state index is -0.576. The number of nitrogens with zero attached hydrogens (tertiary/aromatic N) is 1. The zero-order valence-corrected chi connectivity index (χ0v) is 15.3. The van der Waals surface area contributed by atoms with E-state index in [0.717, 1.165) is 10.3 Å². The quantitative estimate of drug-likeness (QED) is 0.714. The van der Waals surface area contributed by atoms with E-state index >= 15 is 0 Å². The maximum atomic E-state index is 12.6. The standard InChI is InChI=1S/C20H15ClN2O5/c21-16-6-2-1-4-13(16)11-28-23-9-3-5-15(20(23)25)19(24)22-14-7-8-17-18(10-14)27-12-26-17/h1-10H,11-12H2,(H,22,24). The normalized spacial score (nSPS) is 11.9. The van der Waals surface area contributed by atoms with Gasteiger partial charge < -0.3 is 19.6 Å². The highest BCUT2D eigenvalue weighted by Gasteiger charge is 2.17. The number of hydrogen-bond acceptors (Lipinski definition) is 5. The van der Waals surface area contributed by atoms with Gasteiger partial charge in [-0.3, -0.25) is 9.59 Å². The number of carbonyl (C=O) groups excluding carboxylic acids is 1. The Morgan fingerprint density at radius 1 is 1.11 bits per heavy atom. The first-order valence-electron chi connectivity index (χ1n) is 8.41. The van der Waals surface area contributed by atoms with Crippen molar-refractivity contribution in [3.8, 4) is 11.5 Å². The fourth-order valence-electron chi connectivity index (χ4n) is 2.68. The number of carbonyl (C=O) groups is 1. The maximum absolute atomic E-state index is 12.6. The number of nitrogens with one attached hydrogen (secondary N) is 1. The molecule has 1 aliphatic heterocycles. The number of halogens is 1. The van der Waals surface area contributed by atoms with E-state index in [1.807, 2.05) is 6.07 Å². The first-order valence-corrected chi connectivity index (χ1v) is 8.79. The van der Waals surface area contributed by atoms with Crippen LogP contribution in [0.1, 0.15) is 15.9 Å². The van der Waals surface area contributed by atoms with Crippen molar-refractivity contribution >= 4 is 23.2 Å². The summed E-state index contributed by atoms with van der Waals surface area (Å²) in [5.41, 5.74) is 0.583. The van der Waals surface area contributed by atoms with E-state index in [4.69, 9.17) is 25.9 Å². The molecule has 2 aromatic carbocycles. The third-order valence-corrected chi connectivity index (χ3v) is 4.48. The van der Waals surface area contributed by atoms with Crippen molar-refractivity contribution in [3.63, 3.8) is 0 Å². The van der Waals surface area contributed by atoms with E-state index in [1.165, 1.54) is 12.3 Å². The topological polar surface area (TPSA) is 78.8 Å². The fraction of sp³-hybridized carbons (Fsp3) is 0.100. The molecular formula is C20H15ClN2O5. The second-order valence-corrected chi connectivity index (χ2v) is 6.35. The van der Waals surface area contributed by atoms with Crippen LogP contribution in [-0.4, -0.2) is 17.4 Å². The maximum Gasteiger partial charge on any atom is 0.295 e. The van der Waals surface area contributed by atoms with Crippen LogP contribution in [0.5, 0.6) is 11.5 Å². The van der Waals surface area contributed by atoms with Crippen LogP contribution >= 0.6 is 11.6 Å². The van der Waals surface area contributed by atoms with E-state index in [2.05, 4.69) is 5.32 Å². The number of benzene rings is 2. The SMILES string of the molecule is O=C(Nc1ccc2c(c1)OCO2)c1cccn(OCc2ccccc2Cl)c1=O. The van der Waals surface area contributed by atoms with Gasteiger partial charge in [0.1, 0.15) is 12.2 Å². The summed E-state index contributed by atoms with van der Waals surface area (Å²) in [6, 6.07) is 15.1. The fourth-order valence-corrected chi connectivity index (χ4v) is 2.87. The molecular weight excluding hydrogens is 384 g/mol. The molecule has 0 saturated heterocycles. The highest BCUT2D eigenvalue weighted by molar-refractivity contribution is 6.31. The number of ether oxygens (including phenoxy) is 2. The molecule has 1 aromatic heterocycles. The van der Waals surface area contributed by atoms with Crippen molar-refractivity contribution in [1.82, 2.24) is 4.73 Å². The van der Waals surface area contributed by atoms with Gasteiger partial charge >= 0.3 is 0 Å². The summed E-state index contributed by atoms with van der Waals surface area (Å²) in [4.78, 5) is 30.6. The van der Waals surface area contributed by atoms with Crippen LogP contribution in [-0.2, 0) is 6.61 Å². The molecule has 3 aromatic rings. The summed E-state index contributed by atoms with van der Waals surface area (Å²) in [5, 5.41) is 3.21. The molecule has 2 heterocycles. The number of fused-ring (bicyclic) bond motifs is 1. The van der Waals surface area contributed by atoms with Crippen LogP contribution in [0.25, 0.3) is 0 Å². The molecule has 0 radical (unpaired) electrons. The molecule has 8 heteroatoms. The summed E-state index contributed by atoms with van der Waals surface area (Å²) in [6.07, 6.45) is 1.44. The molecule has 1 amide bonds. The van der Waals surface area contributed by atoms with Gasteiger partial charge in [0.15, 0.2) is 11.5 Å². The molecule has 1 N–H and O–H groups in total. The van der Waals surface area contributed by atoms with Crippen LogP contribution in [0.2, 0.25) is 5.02 Å². The second kappa shape index (κ2) is 7.66. The van der Waals surface area contributed by atoms with Gasteiger partial charge in [0.25, 0.3) is 11.5 Å². The lowest BCUT2D eigenvalue weighted by Crippen LogP contribution is -2.32. The first-order chi connectivity index (χ1) is 13.6. The lowest BCUT2D eigenvalue weighted by Gasteiger charge is -2.11. The monoisotopic (exact) mass is 398 g/mol. The molecule has 0 atom stereocenters. The lowest BCUT2D eigenvalue weighted by atomic mass is 10.2. The van der Waals surface area contributed by atoms with E-state index in [1.54, 1.807) is 42.5 Å². The number of hydrogen-bond donors (Lipinski definition) is 1. The Hall–Kier alpha value is -3.45. The van der Waals surface area contributed by atoms with Crippen molar-refractivity contribution in [2.24, 2.45) is 0 Å². The Balaban J connectivity index is 1.50. The van der Waals surface area contributed by atoms with Gasteiger partial charge in [0, 0.05) is 28.5 Å². The average Bonchev–Trinajstić information content (AvgIpc) is 3.16. The summed E-state index contributed by atoms with van der Waals surface area (Å²) in [6.45, 7) is 0.228. The Bertz CT molecular complexity index is 1100. The minimum Gasteiger partial charge on any atom is -0.454 e. The van der Waals surface area contributed by atoms with E-state index < -0.39 is 11.5 Å². The second-order valence-electron chi connectivity index (χ2n) is 5.94. The van der Waals surface area contributed by atoms with Crippen molar-refractivity contribution in [2.75, 3.05) is 12.1 Å². The van der Waals surface area contributed by atoms with Gasteiger partial charge in [-0.1, -0.05) is 29.8 Å². The Labute approximate surface area is 165 Å². The van der Waals surface area contributed by atoms with E-state index in [0.29, 0.717) is 22.2 Å². The molecule has 0 saturated carbocycles. The largest absolute Gasteiger partial charge is 0.454 e. The number of rotatable bonds is 5. The van der Waals surface area contributed by atoms with Gasteiger partial charge in [0.05, 0.1) is 0 Å². The summed E-state index contributed by atoms with van der Waals surface area (Å²) in [7, 11) is 0. The van der Waals surface area contributed by atoms with Gasteiger partial charge in [-0.15, -0.1) is 0 Å². The Morgan fingerprint density at radius 2 is 1.93 bits per heavy atom. The van der Waals surface area contributed by atoms with Crippen LogP contribution < -0.4 is 25.2 Å². The first kappa shape index (κ1) is 17.9. The minimum absolute atomic E-state index is 0.0562. The molecule has 1 aliphatic rings. The highest BCUT2D eigenvalue weighted by Crippen LogP contribution is 2.34. The zero-order valence-electron chi connectivity index (χ0n) is 14.6. The molecule has 0 fully saturated rings. The third kappa shape index (κ3) is 3.65. The van der Waals surface area contributed by atoms with Crippen molar-refractivity contribution in [3.05, 3.63) is 87.3 Å². The van der Waals surface area contributed by atoms with E-state index in [9.17, 15) is 9.59 Å². The summed E-state index contributed by atoms with van der Waals surface area (Å²) < 4.78 is 11.5. The van der Waals surface area contributed by atoms with Crippen molar-refractivity contribution in [1.29, 1.82) is 0 Å². The van der Waals surface area contributed by atoms with Gasteiger partial charge in [-0.2, -0.15) is 4.73 Å². The van der Waals surface area contributed by atoms with Crippen LogP contribution in [0, 0.1) is 0 Å². The average molecular weight is 399 g/mol. The number of amides is 1. The molecule has 7 nitrogen and oxygen atoms in total. The molecule has 4 rings (SSSR count). The van der Waals surface area contributed by atoms with E-state index in [-0.39, 0.29) is 19.0 Å². The Kier molecular flexibility index (Phi) is 4.90. The van der Waals surface area contributed by atoms with Gasteiger partial charge in [-0.25, -0.2) is 0 Å². The van der Waals surface area contributed by atoms with Gasteiger partial charge in [-0.05, 0) is 30.3 Å². The van der Waals surface area contributed by atoms with Crippen LogP contribution in [0.3, 0.4) is 0 Å². The number of aromatic nitrogens is 1. The van der Waals surface area contributed by atoms with Crippen LogP contribution in [0.15, 0.2) is 65.6 Å². The molecule has 0 unspecified atom stereocenters. The Morgan fingerprint density at radius 3 is 2.79 bits per heavy atom. The predicted molar refractivity (Wildman–Crippen MR) is 103 cm³/mol.